The molecule has 1 unspecified atom stereocenters. The van der Waals surface area contributed by atoms with Crippen molar-refractivity contribution >= 4 is 5.97 Å². The number of nitrogens with zero attached hydrogens (tertiary/aromatic N) is 1. The lowest BCUT2D eigenvalue weighted by molar-refractivity contribution is -0.903. The van der Waals surface area contributed by atoms with Crippen LogP contribution in [-0.2, 0) is 22.5 Å². The van der Waals surface area contributed by atoms with Gasteiger partial charge in [-0.1, -0.05) is 100 Å². The second-order valence-corrected chi connectivity index (χ2v) is 11.2. The minimum absolute atomic E-state index is 0.00832. The zero-order valence-electron chi connectivity index (χ0n) is 24.1. The summed E-state index contributed by atoms with van der Waals surface area (Å²) in [5.41, 5.74) is 2.61. The van der Waals surface area contributed by atoms with Gasteiger partial charge in [0.2, 0.25) is 0 Å². The van der Waals surface area contributed by atoms with Gasteiger partial charge in [0.25, 0.3) is 0 Å². The fraction of sp³-hybridized carbons (Fsp3) is 0.606. The minimum Gasteiger partial charge on any atom is -0.490 e. The van der Waals surface area contributed by atoms with E-state index < -0.39 is 0 Å². The number of esters is 1. The molecule has 4 heteroatoms. The van der Waals surface area contributed by atoms with Crippen molar-refractivity contribution in [2.45, 2.75) is 104 Å². The standard InChI is InChI=1S/C33H52NO3/c1-5-6-7-8-9-10-11-15-21-31-22-16-17-23-32(31)37-29(2)25-27-36-33(35)24-18-26-34(3,4)28-30-19-13-12-14-20-30/h12-14,16-17,19-20,22-23,29H,5-11,15,18,21,24-28H2,1-4H3/q+1. The summed E-state index contributed by atoms with van der Waals surface area (Å²) in [6.07, 6.45) is 13.7. The Morgan fingerprint density at radius 2 is 1.49 bits per heavy atom. The van der Waals surface area contributed by atoms with E-state index in [1.54, 1.807) is 0 Å². The van der Waals surface area contributed by atoms with Crippen LogP contribution in [-0.4, -0.2) is 43.8 Å². The fourth-order valence-electron chi connectivity index (χ4n) is 4.77. The molecule has 4 nitrogen and oxygen atoms in total. The van der Waals surface area contributed by atoms with Gasteiger partial charge in [-0.3, -0.25) is 4.79 Å². The smallest absolute Gasteiger partial charge is 0.306 e. The van der Waals surface area contributed by atoms with Crippen LogP contribution in [0.3, 0.4) is 0 Å². The normalized spacial score (nSPS) is 12.3. The summed E-state index contributed by atoms with van der Waals surface area (Å²) < 4.78 is 12.6. The first-order valence-electron chi connectivity index (χ1n) is 14.7. The minimum atomic E-state index is -0.109. The molecule has 2 aromatic rings. The molecule has 206 valence electrons. The summed E-state index contributed by atoms with van der Waals surface area (Å²) in [6.45, 7) is 6.64. The lowest BCUT2D eigenvalue weighted by Gasteiger charge is -2.29. The highest BCUT2D eigenvalue weighted by atomic mass is 16.5. The summed E-state index contributed by atoms with van der Waals surface area (Å²) in [5, 5.41) is 0. The lowest BCUT2D eigenvalue weighted by atomic mass is 10.0. The van der Waals surface area contributed by atoms with E-state index in [1.807, 2.05) is 12.1 Å². The second-order valence-electron chi connectivity index (χ2n) is 11.2. The van der Waals surface area contributed by atoms with Crippen molar-refractivity contribution in [1.29, 1.82) is 0 Å². The van der Waals surface area contributed by atoms with Crippen LogP contribution in [0.2, 0.25) is 0 Å². The average Bonchev–Trinajstić information content (AvgIpc) is 2.87. The predicted molar refractivity (Wildman–Crippen MR) is 155 cm³/mol. The summed E-state index contributed by atoms with van der Waals surface area (Å²) in [7, 11) is 4.42. The van der Waals surface area contributed by atoms with E-state index >= 15 is 0 Å². The molecular formula is C33H52NO3+. The third-order valence-corrected chi connectivity index (χ3v) is 6.99. The molecule has 0 saturated carbocycles. The Labute approximate surface area is 227 Å². The molecule has 1 atom stereocenters. The molecule has 0 saturated heterocycles. The summed E-state index contributed by atoms with van der Waals surface area (Å²) in [6, 6.07) is 18.9. The van der Waals surface area contributed by atoms with Gasteiger partial charge < -0.3 is 14.0 Å². The van der Waals surface area contributed by atoms with E-state index in [1.165, 1.54) is 62.5 Å². The highest BCUT2D eigenvalue weighted by Crippen LogP contribution is 2.23. The molecule has 0 N–H and O–H groups in total. The zero-order valence-corrected chi connectivity index (χ0v) is 24.1. The highest BCUT2D eigenvalue weighted by Gasteiger charge is 2.17. The number of hydrogen-bond acceptors (Lipinski definition) is 3. The first kappa shape index (κ1) is 30.9. The van der Waals surface area contributed by atoms with Crippen LogP contribution in [0.15, 0.2) is 54.6 Å². The number of hydrogen-bond donors (Lipinski definition) is 0. The summed E-state index contributed by atoms with van der Waals surface area (Å²) >= 11 is 0. The van der Waals surface area contributed by atoms with Gasteiger partial charge in [-0.2, -0.15) is 0 Å². The number of benzene rings is 2. The Morgan fingerprint density at radius 1 is 0.838 bits per heavy atom. The molecule has 0 fully saturated rings. The Bertz CT molecular complexity index is 865. The Morgan fingerprint density at radius 3 is 2.22 bits per heavy atom. The molecule has 0 spiro atoms. The first-order valence-corrected chi connectivity index (χ1v) is 14.7. The first-order chi connectivity index (χ1) is 17.9. The van der Waals surface area contributed by atoms with Gasteiger partial charge in [0.15, 0.2) is 0 Å². The quantitative estimate of drug-likeness (QED) is 0.102. The lowest BCUT2D eigenvalue weighted by Crippen LogP contribution is -2.39. The molecule has 2 rings (SSSR count). The molecular weight excluding hydrogens is 458 g/mol. The largest absolute Gasteiger partial charge is 0.490 e. The van der Waals surface area contributed by atoms with Gasteiger partial charge in [0.1, 0.15) is 12.3 Å². The molecule has 0 aliphatic rings. The van der Waals surface area contributed by atoms with Crippen molar-refractivity contribution in [3.05, 3.63) is 65.7 Å². The van der Waals surface area contributed by atoms with Crippen molar-refractivity contribution in [3.8, 4) is 5.75 Å². The summed E-state index contributed by atoms with van der Waals surface area (Å²) in [5.74, 6) is 0.865. The number of quaternary nitrogens is 1. The molecule has 0 amide bonds. The third kappa shape index (κ3) is 14.3. The average molecular weight is 511 g/mol. The molecule has 0 aliphatic carbocycles. The molecule has 0 aromatic heterocycles. The number of unbranched alkanes of at least 4 members (excludes halogenated alkanes) is 7. The molecule has 0 aliphatic heterocycles. The number of carbonyl (C=O) groups is 1. The van der Waals surface area contributed by atoms with Crippen LogP contribution in [0.1, 0.15) is 95.6 Å². The van der Waals surface area contributed by atoms with E-state index in [-0.39, 0.29) is 12.1 Å². The number of para-hydroxylation sites is 1. The molecule has 37 heavy (non-hydrogen) atoms. The monoisotopic (exact) mass is 510 g/mol. The van der Waals surface area contributed by atoms with Crippen LogP contribution in [0.4, 0.5) is 0 Å². The van der Waals surface area contributed by atoms with Gasteiger partial charge in [-0.25, -0.2) is 0 Å². The maximum Gasteiger partial charge on any atom is 0.306 e. The van der Waals surface area contributed by atoms with Gasteiger partial charge in [-0.05, 0) is 31.4 Å². The Balaban J connectivity index is 1.60. The van der Waals surface area contributed by atoms with Crippen LogP contribution in [0.25, 0.3) is 0 Å². The van der Waals surface area contributed by atoms with E-state index in [0.29, 0.717) is 19.4 Å². The Kier molecular flexibility index (Phi) is 15.0. The van der Waals surface area contributed by atoms with Crippen molar-refractivity contribution in [2.75, 3.05) is 27.2 Å². The van der Waals surface area contributed by atoms with E-state index in [4.69, 9.17) is 9.47 Å². The zero-order chi connectivity index (χ0) is 26.8. The van der Waals surface area contributed by atoms with Gasteiger partial charge >= 0.3 is 5.97 Å². The van der Waals surface area contributed by atoms with Crippen molar-refractivity contribution in [1.82, 2.24) is 0 Å². The maximum absolute atomic E-state index is 12.3. The number of carbonyl (C=O) groups excluding carboxylic acids is 1. The van der Waals surface area contributed by atoms with E-state index in [9.17, 15) is 4.79 Å². The fourth-order valence-corrected chi connectivity index (χ4v) is 4.77. The maximum atomic E-state index is 12.3. The van der Waals surface area contributed by atoms with Crippen LogP contribution < -0.4 is 4.74 Å². The molecule has 0 heterocycles. The third-order valence-electron chi connectivity index (χ3n) is 6.99. The van der Waals surface area contributed by atoms with E-state index in [0.717, 1.165) is 36.2 Å². The van der Waals surface area contributed by atoms with Gasteiger partial charge in [-0.15, -0.1) is 0 Å². The highest BCUT2D eigenvalue weighted by molar-refractivity contribution is 5.69. The molecule has 2 aromatic carbocycles. The molecule has 0 bridgehead atoms. The van der Waals surface area contributed by atoms with Gasteiger partial charge in [0, 0.05) is 18.4 Å². The van der Waals surface area contributed by atoms with Crippen LogP contribution in [0, 0.1) is 0 Å². The van der Waals surface area contributed by atoms with Crippen molar-refractivity contribution in [2.24, 2.45) is 0 Å². The van der Waals surface area contributed by atoms with Crippen molar-refractivity contribution in [3.63, 3.8) is 0 Å². The Hall–Kier alpha value is -2.33. The predicted octanol–water partition coefficient (Wildman–Crippen LogP) is 8.13. The van der Waals surface area contributed by atoms with E-state index in [2.05, 4.69) is 70.4 Å². The summed E-state index contributed by atoms with van der Waals surface area (Å²) in [4.78, 5) is 12.3. The van der Waals surface area contributed by atoms with Crippen LogP contribution >= 0.6 is 0 Å². The SMILES string of the molecule is CCCCCCCCCCc1ccccc1OC(C)CCOC(=O)CCC[N+](C)(C)Cc1ccccc1. The number of ether oxygens (including phenoxy) is 2. The molecule has 0 radical (unpaired) electrons. The van der Waals surface area contributed by atoms with Gasteiger partial charge in [0.05, 0.1) is 39.8 Å². The number of aryl methyl sites for hydroxylation is 1. The van der Waals surface area contributed by atoms with Crippen LogP contribution in [0.5, 0.6) is 5.75 Å². The van der Waals surface area contributed by atoms with Crippen molar-refractivity contribution < 1.29 is 18.8 Å². The topological polar surface area (TPSA) is 35.5 Å². The number of rotatable bonds is 20. The second kappa shape index (κ2) is 18.0.